The van der Waals surface area contributed by atoms with Crippen molar-refractivity contribution in [3.8, 4) is 11.5 Å². The molecule has 2 aromatic rings. The second-order valence-electron chi connectivity index (χ2n) is 3.25. The molecule has 0 N–H and O–H groups in total. The van der Waals surface area contributed by atoms with E-state index >= 15 is 0 Å². The Morgan fingerprint density at radius 1 is 1.13 bits per heavy atom. The number of benzene rings is 2. The molecule has 0 saturated carbocycles. The zero-order valence-electron chi connectivity index (χ0n) is 8.33. The summed E-state index contributed by atoms with van der Waals surface area (Å²) in [5.41, 5.74) is 1.00. The third-order valence-corrected chi connectivity index (χ3v) is 2.06. The van der Waals surface area contributed by atoms with Crippen molar-refractivity contribution < 1.29 is 9.13 Å². The lowest BCUT2D eigenvalue weighted by Gasteiger charge is -2.07. The van der Waals surface area contributed by atoms with E-state index in [1.54, 1.807) is 18.2 Å². The molecule has 0 aromatic heterocycles. The first-order valence-electron chi connectivity index (χ1n) is 4.66. The molecule has 0 spiro atoms. The first-order valence-corrected chi connectivity index (χ1v) is 4.66. The molecule has 2 rings (SSSR count). The Balaban J connectivity index is 2.22. The summed E-state index contributed by atoms with van der Waals surface area (Å²) in [6.07, 6.45) is 0. The first kappa shape index (κ1) is 9.71. The highest BCUT2D eigenvalue weighted by Gasteiger charge is 1.99. The molecule has 15 heavy (non-hydrogen) atoms. The van der Waals surface area contributed by atoms with Crippen molar-refractivity contribution in [2.45, 2.75) is 6.92 Å². The van der Waals surface area contributed by atoms with E-state index in [4.69, 9.17) is 4.74 Å². The highest BCUT2D eigenvalue weighted by atomic mass is 19.1. The van der Waals surface area contributed by atoms with Gasteiger partial charge in [0.25, 0.3) is 0 Å². The van der Waals surface area contributed by atoms with Crippen molar-refractivity contribution in [3.63, 3.8) is 0 Å². The van der Waals surface area contributed by atoms with Gasteiger partial charge in [0.1, 0.15) is 17.3 Å². The minimum atomic E-state index is -0.263. The van der Waals surface area contributed by atoms with E-state index in [9.17, 15) is 4.39 Å². The van der Waals surface area contributed by atoms with Crippen LogP contribution in [0, 0.1) is 18.8 Å². The molecule has 1 nitrogen and oxygen atoms in total. The van der Waals surface area contributed by atoms with Crippen LogP contribution in [-0.2, 0) is 0 Å². The third kappa shape index (κ3) is 2.34. The Kier molecular flexibility index (Phi) is 2.68. The summed E-state index contributed by atoms with van der Waals surface area (Å²) in [5.74, 6) is 1.13. The highest BCUT2D eigenvalue weighted by Crippen LogP contribution is 2.24. The molecular formula is C13H10FO. The van der Waals surface area contributed by atoms with Crippen LogP contribution in [0.1, 0.15) is 5.56 Å². The van der Waals surface area contributed by atoms with Gasteiger partial charge in [-0.2, -0.15) is 0 Å². The molecule has 2 aromatic carbocycles. The van der Waals surface area contributed by atoms with Crippen LogP contribution in [-0.4, -0.2) is 0 Å². The van der Waals surface area contributed by atoms with Gasteiger partial charge in [-0.25, -0.2) is 4.39 Å². The smallest absolute Gasteiger partial charge is 0.130 e. The molecule has 0 unspecified atom stereocenters. The van der Waals surface area contributed by atoms with Gasteiger partial charge in [-0.15, -0.1) is 0 Å². The fourth-order valence-electron chi connectivity index (χ4n) is 1.24. The molecule has 2 heteroatoms. The van der Waals surface area contributed by atoms with Gasteiger partial charge >= 0.3 is 0 Å². The third-order valence-electron chi connectivity index (χ3n) is 2.06. The fourth-order valence-corrected chi connectivity index (χ4v) is 1.24. The Labute approximate surface area is 88.1 Å². The van der Waals surface area contributed by atoms with E-state index in [-0.39, 0.29) is 5.82 Å². The second-order valence-corrected chi connectivity index (χ2v) is 3.25. The maximum absolute atomic E-state index is 12.6. The number of rotatable bonds is 2. The molecule has 0 fully saturated rings. The summed E-state index contributed by atoms with van der Waals surface area (Å²) in [4.78, 5) is 0. The van der Waals surface area contributed by atoms with Crippen molar-refractivity contribution >= 4 is 0 Å². The molecule has 0 aliphatic rings. The minimum absolute atomic E-state index is 0.263. The molecule has 0 atom stereocenters. The van der Waals surface area contributed by atoms with Gasteiger partial charge < -0.3 is 4.74 Å². The monoisotopic (exact) mass is 201 g/mol. The first-order chi connectivity index (χ1) is 7.25. The molecule has 1 radical (unpaired) electrons. The van der Waals surface area contributed by atoms with Crippen molar-refractivity contribution in [1.82, 2.24) is 0 Å². The van der Waals surface area contributed by atoms with Crippen LogP contribution >= 0.6 is 0 Å². The molecule has 0 saturated heterocycles. The zero-order chi connectivity index (χ0) is 10.7. The van der Waals surface area contributed by atoms with Crippen LogP contribution in [0.4, 0.5) is 4.39 Å². The number of hydrogen-bond acceptors (Lipinski definition) is 1. The second kappa shape index (κ2) is 4.13. The minimum Gasteiger partial charge on any atom is -0.457 e. The molecule has 0 bridgehead atoms. The number of halogens is 1. The van der Waals surface area contributed by atoms with Crippen LogP contribution in [0.5, 0.6) is 11.5 Å². The SMILES string of the molecule is Cc1c[c]ccc1Oc1ccc(F)cc1. The Morgan fingerprint density at radius 2 is 1.87 bits per heavy atom. The molecule has 0 aliphatic heterocycles. The molecule has 0 heterocycles. The van der Waals surface area contributed by atoms with Crippen LogP contribution < -0.4 is 4.74 Å². The molecular weight excluding hydrogens is 191 g/mol. The summed E-state index contributed by atoms with van der Waals surface area (Å²) in [6, 6.07) is 14.4. The summed E-state index contributed by atoms with van der Waals surface area (Å²) >= 11 is 0. The molecule has 0 aliphatic carbocycles. The quantitative estimate of drug-likeness (QED) is 0.719. The van der Waals surface area contributed by atoms with Gasteiger partial charge in [-0.3, -0.25) is 0 Å². The topological polar surface area (TPSA) is 9.23 Å². The molecule has 75 valence electrons. The lowest BCUT2D eigenvalue weighted by molar-refractivity contribution is 0.477. The normalized spacial score (nSPS) is 10.0. The summed E-state index contributed by atoms with van der Waals surface area (Å²) in [6.45, 7) is 1.94. The summed E-state index contributed by atoms with van der Waals surface area (Å²) in [7, 11) is 0. The van der Waals surface area contributed by atoms with Crippen LogP contribution in [0.3, 0.4) is 0 Å². The van der Waals surface area contributed by atoms with Crippen molar-refractivity contribution in [2.24, 2.45) is 0 Å². The summed E-state index contributed by atoms with van der Waals surface area (Å²) < 4.78 is 18.2. The number of aryl methyl sites for hydroxylation is 1. The van der Waals surface area contributed by atoms with Gasteiger partial charge in [0.05, 0.1) is 0 Å². The van der Waals surface area contributed by atoms with Crippen LogP contribution in [0.2, 0.25) is 0 Å². The van der Waals surface area contributed by atoms with Gasteiger partial charge in [0.2, 0.25) is 0 Å². The lowest BCUT2D eigenvalue weighted by Crippen LogP contribution is -1.87. The van der Waals surface area contributed by atoms with Crippen molar-refractivity contribution in [3.05, 3.63) is 59.9 Å². The van der Waals surface area contributed by atoms with Gasteiger partial charge in [-0.1, -0.05) is 6.07 Å². The van der Waals surface area contributed by atoms with Crippen LogP contribution in [0.15, 0.2) is 42.5 Å². The van der Waals surface area contributed by atoms with Crippen LogP contribution in [0.25, 0.3) is 0 Å². The Morgan fingerprint density at radius 3 is 2.53 bits per heavy atom. The van der Waals surface area contributed by atoms with Gasteiger partial charge in [0, 0.05) is 0 Å². The lowest BCUT2D eigenvalue weighted by atomic mass is 10.2. The van der Waals surface area contributed by atoms with Gasteiger partial charge in [-0.05, 0) is 55.0 Å². The van der Waals surface area contributed by atoms with E-state index in [1.165, 1.54) is 12.1 Å². The summed E-state index contributed by atoms with van der Waals surface area (Å²) in [5, 5.41) is 0. The maximum Gasteiger partial charge on any atom is 0.130 e. The van der Waals surface area contributed by atoms with E-state index in [2.05, 4.69) is 6.07 Å². The number of ether oxygens (including phenoxy) is 1. The largest absolute Gasteiger partial charge is 0.457 e. The predicted molar refractivity (Wildman–Crippen MR) is 56.5 cm³/mol. The zero-order valence-corrected chi connectivity index (χ0v) is 8.33. The Bertz CT molecular complexity index is 448. The standard InChI is InChI=1S/C13H10FO/c1-10-4-2-3-5-13(10)15-12-8-6-11(14)7-9-12/h3-9H,1H3. The predicted octanol–water partition coefficient (Wildman–Crippen LogP) is 3.73. The Hall–Kier alpha value is -1.83. The maximum atomic E-state index is 12.6. The molecule has 0 amide bonds. The van der Waals surface area contributed by atoms with E-state index < -0.39 is 0 Å². The number of hydrogen-bond donors (Lipinski definition) is 0. The highest BCUT2D eigenvalue weighted by molar-refractivity contribution is 5.36. The van der Waals surface area contributed by atoms with Crippen molar-refractivity contribution in [2.75, 3.05) is 0 Å². The fraction of sp³-hybridized carbons (Fsp3) is 0.0769. The van der Waals surface area contributed by atoms with E-state index in [0.29, 0.717) is 5.75 Å². The average Bonchev–Trinajstić information content (AvgIpc) is 2.25. The average molecular weight is 201 g/mol. The van der Waals surface area contributed by atoms with Crippen molar-refractivity contribution in [1.29, 1.82) is 0 Å². The van der Waals surface area contributed by atoms with Gasteiger partial charge in [0.15, 0.2) is 0 Å². The van der Waals surface area contributed by atoms with E-state index in [1.807, 2.05) is 19.1 Å². The van der Waals surface area contributed by atoms with E-state index in [0.717, 1.165) is 11.3 Å².